The van der Waals surface area contributed by atoms with Crippen molar-refractivity contribution in [1.29, 1.82) is 0 Å². The van der Waals surface area contributed by atoms with Crippen molar-refractivity contribution in [2.45, 2.75) is 58.2 Å². The van der Waals surface area contributed by atoms with Gasteiger partial charge in [-0.15, -0.1) is 11.3 Å². The van der Waals surface area contributed by atoms with Gasteiger partial charge in [0.05, 0.1) is 11.0 Å². The van der Waals surface area contributed by atoms with Gasteiger partial charge in [-0.3, -0.25) is 4.79 Å². The van der Waals surface area contributed by atoms with Gasteiger partial charge in [0.1, 0.15) is 6.10 Å². The lowest BCUT2D eigenvalue weighted by Gasteiger charge is -2.15. The Morgan fingerprint density at radius 1 is 1.35 bits per heavy atom. The number of thiophene rings is 1. The van der Waals surface area contributed by atoms with E-state index in [9.17, 15) is 4.79 Å². The van der Waals surface area contributed by atoms with Gasteiger partial charge < -0.3 is 4.74 Å². The number of hydrogen-bond acceptors (Lipinski definition) is 3. The predicted molar refractivity (Wildman–Crippen MR) is 70.9 cm³/mol. The minimum Gasteiger partial charge on any atom is -0.367 e. The van der Waals surface area contributed by atoms with Crippen molar-refractivity contribution in [3.8, 4) is 0 Å². The van der Waals surface area contributed by atoms with Crippen molar-refractivity contribution < 1.29 is 9.53 Å². The third kappa shape index (κ3) is 2.78. The fourth-order valence-corrected chi connectivity index (χ4v) is 3.07. The molecule has 0 saturated carbocycles. The molecule has 2 rings (SSSR count). The molecule has 0 amide bonds. The zero-order valence-electron chi connectivity index (χ0n) is 10.9. The Morgan fingerprint density at radius 3 is 2.53 bits per heavy atom. The van der Waals surface area contributed by atoms with Gasteiger partial charge in [0, 0.05) is 4.88 Å². The molecule has 2 unspecified atom stereocenters. The lowest BCUT2D eigenvalue weighted by atomic mass is 9.95. The van der Waals surface area contributed by atoms with Gasteiger partial charge >= 0.3 is 0 Å². The molecule has 1 aliphatic heterocycles. The number of carbonyl (C=O) groups excluding carboxylic acids is 1. The highest BCUT2D eigenvalue weighted by atomic mass is 32.1. The SMILES string of the molecule is CC1CCC(C(=O)c2ccc(C(C)(C)C)s2)O1. The third-order valence-corrected chi connectivity index (χ3v) is 4.64. The van der Waals surface area contributed by atoms with Crippen LogP contribution in [0.2, 0.25) is 0 Å². The van der Waals surface area contributed by atoms with Gasteiger partial charge in [-0.05, 0) is 37.3 Å². The minimum atomic E-state index is -0.212. The van der Waals surface area contributed by atoms with E-state index in [1.54, 1.807) is 11.3 Å². The highest BCUT2D eigenvalue weighted by molar-refractivity contribution is 7.14. The summed E-state index contributed by atoms with van der Waals surface area (Å²) < 4.78 is 5.63. The maximum absolute atomic E-state index is 12.2. The first kappa shape index (κ1) is 12.8. The molecule has 0 bridgehead atoms. The average molecular weight is 252 g/mol. The maximum Gasteiger partial charge on any atom is 0.201 e. The second-order valence-electron chi connectivity index (χ2n) is 5.79. The molecule has 94 valence electrons. The van der Waals surface area contributed by atoms with E-state index in [4.69, 9.17) is 4.74 Å². The molecule has 0 aliphatic carbocycles. The second-order valence-corrected chi connectivity index (χ2v) is 6.87. The molecule has 2 heterocycles. The minimum absolute atomic E-state index is 0.118. The van der Waals surface area contributed by atoms with Crippen LogP contribution in [-0.2, 0) is 10.2 Å². The molecule has 1 aromatic heterocycles. The molecule has 1 aromatic rings. The Balaban J connectivity index is 2.13. The summed E-state index contributed by atoms with van der Waals surface area (Å²) >= 11 is 1.61. The first-order chi connectivity index (χ1) is 7.88. The van der Waals surface area contributed by atoms with Crippen molar-refractivity contribution in [1.82, 2.24) is 0 Å². The van der Waals surface area contributed by atoms with Crippen LogP contribution in [0, 0.1) is 0 Å². The molecule has 0 N–H and O–H groups in total. The standard InChI is InChI=1S/C14H20O2S/c1-9-5-6-10(16-9)13(15)11-7-8-12(17-11)14(2,3)4/h7-10H,5-6H2,1-4H3. The Hall–Kier alpha value is -0.670. The Labute approximate surface area is 107 Å². The molecule has 17 heavy (non-hydrogen) atoms. The largest absolute Gasteiger partial charge is 0.367 e. The van der Waals surface area contributed by atoms with Gasteiger partial charge in [0.15, 0.2) is 0 Å². The number of ketones is 1. The Morgan fingerprint density at radius 2 is 2.06 bits per heavy atom. The molecular weight excluding hydrogens is 232 g/mol. The summed E-state index contributed by atoms with van der Waals surface area (Å²) in [4.78, 5) is 14.3. The van der Waals surface area contributed by atoms with Crippen LogP contribution < -0.4 is 0 Å². The average Bonchev–Trinajstić information content (AvgIpc) is 2.83. The topological polar surface area (TPSA) is 26.3 Å². The van der Waals surface area contributed by atoms with Crippen LogP contribution in [-0.4, -0.2) is 18.0 Å². The van der Waals surface area contributed by atoms with Crippen molar-refractivity contribution in [3.63, 3.8) is 0 Å². The molecule has 1 aliphatic rings. The summed E-state index contributed by atoms with van der Waals surface area (Å²) in [6, 6.07) is 4.01. The van der Waals surface area contributed by atoms with E-state index in [1.807, 2.05) is 13.0 Å². The lowest BCUT2D eigenvalue weighted by Crippen LogP contribution is -2.19. The summed E-state index contributed by atoms with van der Waals surface area (Å²) in [6.45, 7) is 8.53. The van der Waals surface area contributed by atoms with E-state index < -0.39 is 0 Å². The number of Topliss-reactive ketones (excluding diaryl/α,β-unsaturated/α-hetero) is 1. The van der Waals surface area contributed by atoms with Crippen molar-refractivity contribution >= 4 is 17.1 Å². The zero-order chi connectivity index (χ0) is 12.6. The lowest BCUT2D eigenvalue weighted by molar-refractivity contribution is 0.0437. The van der Waals surface area contributed by atoms with Crippen molar-refractivity contribution in [3.05, 3.63) is 21.9 Å². The summed E-state index contributed by atoms with van der Waals surface area (Å²) in [7, 11) is 0. The fourth-order valence-electron chi connectivity index (χ4n) is 2.03. The monoisotopic (exact) mass is 252 g/mol. The van der Waals surface area contributed by atoms with Crippen LogP contribution in [0.4, 0.5) is 0 Å². The smallest absolute Gasteiger partial charge is 0.201 e. The van der Waals surface area contributed by atoms with Crippen LogP contribution >= 0.6 is 11.3 Å². The van der Waals surface area contributed by atoms with Crippen LogP contribution in [0.15, 0.2) is 12.1 Å². The first-order valence-electron chi connectivity index (χ1n) is 6.18. The number of carbonyl (C=O) groups is 1. The number of rotatable bonds is 2. The molecule has 0 aromatic carbocycles. The molecule has 0 radical (unpaired) electrons. The molecule has 1 fully saturated rings. The molecular formula is C14H20O2S. The van der Waals surface area contributed by atoms with E-state index in [0.29, 0.717) is 0 Å². The van der Waals surface area contributed by atoms with Gasteiger partial charge in [-0.25, -0.2) is 0 Å². The summed E-state index contributed by atoms with van der Waals surface area (Å²) in [5.41, 5.74) is 0.118. The molecule has 3 heteroatoms. The Bertz CT molecular complexity index is 414. The van der Waals surface area contributed by atoms with Crippen molar-refractivity contribution in [2.24, 2.45) is 0 Å². The van der Waals surface area contributed by atoms with E-state index in [0.717, 1.165) is 17.7 Å². The molecule has 2 nitrogen and oxygen atoms in total. The molecule has 0 spiro atoms. The molecule has 1 saturated heterocycles. The van der Waals surface area contributed by atoms with E-state index in [-0.39, 0.29) is 23.4 Å². The van der Waals surface area contributed by atoms with E-state index in [2.05, 4.69) is 26.8 Å². The summed E-state index contributed by atoms with van der Waals surface area (Å²) in [5, 5.41) is 0. The summed E-state index contributed by atoms with van der Waals surface area (Å²) in [6.07, 6.45) is 1.87. The predicted octanol–water partition coefficient (Wildman–Crippen LogP) is 3.80. The van der Waals surface area contributed by atoms with Gasteiger partial charge in [-0.1, -0.05) is 20.8 Å². The second kappa shape index (κ2) is 4.54. The van der Waals surface area contributed by atoms with Gasteiger partial charge in [-0.2, -0.15) is 0 Å². The quantitative estimate of drug-likeness (QED) is 0.748. The van der Waals surface area contributed by atoms with Crippen molar-refractivity contribution in [2.75, 3.05) is 0 Å². The van der Waals surface area contributed by atoms with Gasteiger partial charge in [0.25, 0.3) is 0 Å². The third-order valence-electron chi connectivity index (χ3n) is 3.11. The van der Waals surface area contributed by atoms with Crippen LogP contribution in [0.25, 0.3) is 0 Å². The van der Waals surface area contributed by atoms with Crippen LogP contribution in [0.5, 0.6) is 0 Å². The number of hydrogen-bond donors (Lipinski definition) is 0. The Kier molecular flexibility index (Phi) is 3.41. The molecule has 2 atom stereocenters. The van der Waals surface area contributed by atoms with E-state index in [1.165, 1.54) is 4.88 Å². The fraction of sp³-hybridized carbons (Fsp3) is 0.643. The first-order valence-corrected chi connectivity index (χ1v) is 6.99. The highest BCUT2D eigenvalue weighted by Gasteiger charge is 2.30. The van der Waals surface area contributed by atoms with Crippen LogP contribution in [0.1, 0.15) is 55.1 Å². The van der Waals surface area contributed by atoms with Crippen LogP contribution in [0.3, 0.4) is 0 Å². The highest BCUT2D eigenvalue weighted by Crippen LogP contribution is 2.31. The zero-order valence-corrected chi connectivity index (χ0v) is 11.8. The number of ether oxygens (including phenoxy) is 1. The summed E-state index contributed by atoms with van der Waals surface area (Å²) in [5.74, 6) is 0.162. The maximum atomic E-state index is 12.2. The normalized spacial score (nSPS) is 25.2. The van der Waals surface area contributed by atoms with Gasteiger partial charge in [0.2, 0.25) is 5.78 Å². The van der Waals surface area contributed by atoms with E-state index >= 15 is 0 Å².